The molecule has 0 aliphatic heterocycles. The molecule has 2 aromatic heterocycles. The molecule has 8 heteroatoms. The summed E-state index contributed by atoms with van der Waals surface area (Å²) in [4.78, 5) is 0.194. The third-order valence-corrected chi connectivity index (χ3v) is 5.84. The summed E-state index contributed by atoms with van der Waals surface area (Å²) in [5, 5.41) is 8.67. The number of nitrogens with zero attached hydrogens (tertiary/aromatic N) is 4. The first-order chi connectivity index (χ1) is 11.7. The summed E-state index contributed by atoms with van der Waals surface area (Å²) in [7, 11) is -2.00. The number of anilines is 1. The number of benzene rings is 1. The van der Waals surface area contributed by atoms with E-state index in [0.717, 1.165) is 11.4 Å². The minimum absolute atomic E-state index is 0.194. The van der Waals surface area contributed by atoms with Gasteiger partial charge in [-0.25, -0.2) is 13.1 Å². The second-order valence-electron chi connectivity index (χ2n) is 6.02. The molecule has 25 heavy (non-hydrogen) atoms. The standard InChI is InChI=1S/C17H21N5O2S/c1-11-16(13(3)21(5)18-11)20-25(23,24)17-12(2)19-22(14(17)4)15-9-7-6-8-10-15/h6-10,20H,1-5H3. The van der Waals surface area contributed by atoms with Crippen molar-refractivity contribution in [3.8, 4) is 5.69 Å². The van der Waals surface area contributed by atoms with Crippen LogP contribution in [0.1, 0.15) is 22.8 Å². The predicted octanol–water partition coefficient (Wildman–Crippen LogP) is 2.64. The lowest BCUT2D eigenvalue weighted by Gasteiger charge is -2.09. The number of hydrogen-bond acceptors (Lipinski definition) is 4. The van der Waals surface area contributed by atoms with Gasteiger partial charge >= 0.3 is 0 Å². The van der Waals surface area contributed by atoms with Gasteiger partial charge in [0, 0.05) is 7.05 Å². The van der Waals surface area contributed by atoms with Crippen LogP contribution >= 0.6 is 0 Å². The zero-order valence-electron chi connectivity index (χ0n) is 14.9. The molecule has 0 spiro atoms. The normalized spacial score (nSPS) is 11.7. The van der Waals surface area contributed by atoms with Gasteiger partial charge in [-0.3, -0.25) is 9.40 Å². The highest BCUT2D eigenvalue weighted by Crippen LogP contribution is 2.27. The van der Waals surface area contributed by atoms with E-state index in [1.54, 1.807) is 37.2 Å². The molecule has 3 aromatic rings. The summed E-state index contributed by atoms with van der Waals surface area (Å²) >= 11 is 0. The SMILES string of the molecule is Cc1nn(C)c(C)c1NS(=O)(=O)c1c(C)nn(-c2ccccc2)c1C. The maximum Gasteiger partial charge on any atom is 0.265 e. The summed E-state index contributed by atoms with van der Waals surface area (Å²) in [5.74, 6) is 0. The first-order valence-corrected chi connectivity index (χ1v) is 9.35. The number of aromatic nitrogens is 4. The smallest absolute Gasteiger partial charge is 0.265 e. The molecule has 7 nitrogen and oxygen atoms in total. The van der Waals surface area contributed by atoms with Crippen LogP contribution in [0, 0.1) is 27.7 Å². The molecule has 0 saturated carbocycles. The number of hydrogen-bond donors (Lipinski definition) is 1. The lowest BCUT2D eigenvalue weighted by Crippen LogP contribution is -2.16. The van der Waals surface area contributed by atoms with Crippen LogP contribution in [0.25, 0.3) is 5.69 Å². The van der Waals surface area contributed by atoms with Crippen LogP contribution in [-0.4, -0.2) is 28.0 Å². The topological polar surface area (TPSA) is 81.8 Å². The van der Waals surface area contributed by atoms with Crippen LogP contribution in [0.4, 0.5) is 5.69 Å². The van der Waals surface area contributed by atoms with E-state index in [9.17, 15) is 8.42 Å². The van der Waals surface area contributed by atoms with Crippen molar-refractivity contribution < 1.29 is 8.42 Å². The van der Waals surface area contributed by atoms with Crippen LogP contribution < -0.4 is 4.72 Å². The Labute approximate surface area is 147 Å². The Morgan fingerprint density at radius 2 is 1.56 bits per heavy atom. The molecule has 0 aliphatic carbocycles. The monoisotopic (exact) mass is 359 g/mol. The summed E-state index contributed by atoms with van der Waals surface area (Å²) in [6.45, 7) is 7.05. The van der Waals surface area contributed by atoms with Gasteiger partial charge in [-0.1, -0.05) is 18.2 Å². The first-order valence-electron chi connectivity index (χ1n) is 7.87. The highest BCUT2D eigenvalue weighted by Gasteiger charge is 2.27. The predicted molar refractivity (Wildman–Crippen MR) is 96.5 cm³/mol. The molecule has 0 radical (unpaired) electrons. The van der Waals surface area contributed by atoms with Gasteiger partial charge in [0.05, 0.1) is 34.2 Å². The van der Waals surface area contributed by atoms with E-state index in [4.69, 9.17) is 0 Å². The Morgan fingerprint density at radius 1 is 0.920 bits per heavy atom. The minimum atomic E-state index is -3.78. The Kier molecular flexibility index (Phi) is 4.16. The Bertz CT molecular complexity index is 1030. The Balaban J connectivity index is 2.08. The van der Waals surface area contributed by atoms with E-state index in [0.29, 0.717) is 22.8 Å². The van der Waals surface area contributed by atoms with Gasteiger partial charge in [0.25, 0.3) is 10.0 Å². The fourth-order valence-corrected chi connectivity index (χ4v) is 4.52. The number of rotatable bonds is 4. The summed E-state index contributed by atoms with van der Waals surface area (Å²) < 4.78 is 32.0. The number of para-hydroxylation sites is 1. The van der Waals surface area contributed by atoms with Crippen molar-refractivity contribution in [2.24, 2.45) is 7.05 Å². The number of nitrogens with one attached hydrogen (secondary N) is 1. The van der Waals surface area contributed by atoms with Crippen LogP contribution in [0.2, 0.25) is 0 Å². The lowest BCUT2D eigenvalue weighted by molar-refractivity contribution is 0.600. The van der Waals surface area contributed by atoms with Gasteiger partial charge in [0.15, 0.2) is 0 Å². The average molecular weight is 359 g/mol. The van der Waals surface area contributed by atoms with Gasteiger partial charge in [-0.15, -0.1) is 0 Å². The molecule has 2 heterocycles. The van der Waals surface area contributed by atoms with Crippen LogP contribution in [0.5, 0.6) is 0 Å². The molecule has 0 saturated heterocycles. The molecule has 1 aromatic carbocycles. The van der Waals surface area contributed by atoms with Crippen molar-refractivity contribution >= 4 is 15.7 Å². The fourth-order valence-electron chi connectivity index (χ4n) is 2.94. The van der Waals surface area contributed by atoms with E-state index < -0.39 is 10.0 Å². The maximum atomic E-state index is 13.0. The van der Waals surface area contributed by atoms with Crippen molar-refractivity contribution in [3.05, 3.63) is 53.1 Å². The molecule has 3 rings (SSSR count). The quantitative estimate of drug-likeness (QED) is 0.776. The van der Waals surface area contributed by atoms with Gasteiger partial charge in [0.1, 0.15) is 4.90 Å². The molecule has 0 bridgehead atoms. The zero-order chi connectivity index (χ0) is 18.4. The molecular weight excluding hydrogens is 338 g/mol. The molecular formula is C17H21N5O2S. The fraction of sp³-hybridized carbons (Fsp3) is 0.294. The molecule has 0 aliphatic rings. The first kappa shape index (κ1) is 17.2. The van der Waals surface area contributed by atoms with Crippen molar-refractivity contribution in [1.82, 2.24) is 19.6 Å². The third-order valence-electron chi connectivity index (χ3n) is 4.24. The molecule has 0 amide bonds. The number of aryl methyl sites for hydroxylation is 3. The highest BCUT2D eigenvalue weighted by atomic mass is 32.2. The molecule has 0 atom stereocenters. The van der Waals surface area contributed by atoms with Gasteiger partial charge in [-0.05, 0) is 39.8 Å². The van der Waals surface area contributed by atoms with Gasteiger partial charge in [0.2, 0.25) is 0 Å². The van der Waals surface area contributed by atoms with Crippen LogP contribution in [-0.2, 0) is 17.1 Å². The molecule has 132 valence electrons. The second kappa shape index (κ2) is 6.03. The summed E-state index contributed by atoms with van der Waals surface area (Å²) in [6.07, 6.45) is 0. The van der Waals surface area contributed by atoms with Crippen molar-refractivity contribution in [3.63, 3.8) is 0 Å². The Morgan fingerprint density at radius 3 is 2.12 bits per heavy atom. The van der Waals surface area contributed by atoms with Crippen LogP contribution in [0.3, 0.4) is 0 Å². The lowest BCUT2D eigenvalue weighted by atomic mass is 10.3. The zero-order valence-corrected chi connectivity index (χ0v) is 15.7. The van der Waals surface area contributed by atoms with Gasteiger partial charge < -0.3 is 0 Å². The minimum Gasteiger partial charge on any atom is -0.276 e. The van der Waals surface area contributed by atoms with E-state index in [1.165, 1.54) is 0 Å². The van der Waals surface area contributed by atoms with E-state index in [2.05, 4.69) is 14.9 Å². The van der Waals surface area contributed by atoms with E-state index >= 15 is 0 Å². The maximum absolute atomic E-state index is 13.0. The third kappa shape index (κ3) is 2.93. The molecule has 1 N–H and O–H groups in total. The van der Waals surface area contributed by atoms with E-state index in [1.807, 2.05) is 37.3 Å². The average Bonchev–Trinajstić information content (AvgIpc) is 2.99. The summed E-state index contributed by atoms with van der Waals surface area (Å²) in [5.41, 5.74) is 3.73. The van der Waals surface area contributed by atoms with Crippen molar-refractivity contribution in [2.75, 3.05) is 4.72 Å². The molecule has 0 fully saturated rings. The Hall–Kier alpha value is -2.61. The van der Waals surface area contributed by atoms with Crippen molar-refractivity contribution in [1.29, 1.82) is 0 Å². The van der Waals surface area contributed by atoms with Gasteiger partial charge in [-0.2, -0.15) is 10.2 Å². The summed E-state index contributed by atoms with van der Waals surface area (Å²) in [6, 6.07) is 9.46. The van der Waals surface area contributed by atoms with Crippen molar-refractivity contribution in [2.45, 2.75) is 32.6 Å². The second-order valence-corrected chi connectivity index (χ2v) is 7.64. The number of sulfonamides is 1. The van der Waals surface area contributed by atoms with E-state index in [-0.39, 0.29) is 4.90 Å². The largest absolute Gasteiger partial charge is 0.276 e. The molecule has 0 unspecified atom stereocenters. The highest BCUT2D eigenvalue weighted by molar-refractivity contribution is 7.92. The van der Waals surface area contributed by atoms with Crippen LogP contribution in [0.15, 0.2) is 35.2 Å².